The lowest BCUT2D eigenvalue weighted by molar-refractivity contribution is -0.118. The first-order chi connectivity index (χ1) is 5.24. The number of carbonyl (C=O) groups is 1. The van der Waals surface area contributed by atoms with Crippen LogP contribution in [0.4, 0.5) is 0 Å². The lowest BCUT2D eigenvalue weighted by Gasteiger charge is -2.26. The number of hydrogen-bond donors (Lipinski definition) is 0. The smallest absolute Gasteiger partial charge is 0.236 e. The van der Waals surface area contributed by atoms with Gasteiger partial charge in [0, 0.05) is 12.5 Å². The zero-order chi connectivity index (χ0) is 8.27. The van der Waals surface area contributed by atoms with Gasteiger partial charge in [-0.05, 0) is 26.4 Å². The first kappa shape index (κ1) is 8.22. The Morgan fingerprint density at radius 1 is 1.73 bits per heavy atom. The average molecular weight is 152 g/mol. The minimum Gasteiger partial charge on any atom is -0.306 e. The van der Waals surface area contributed by atoms with Crippen molar-refractivity contribution in [1.82, 2.24) is 4.90 Å². The van der Waals surface area contributed by atoms with Crippen LogP contribution in [0.5, 0.6) is 0 Å². The fourth-order valence-electron chi connectivity index (χ4n) is 1.47. The molecule has 0 N–H and O–H groups in total. The number of piperidine rings is 1. The van der Waals surface area contributed by atoms with E-state index in [1.165, 1.54) is 0 Å². The van der Waals surface area contributed by atoms with Gasteiger partial charge in [-0.15, -0.1) is 0 Å². The zero-order valence-corrected chi connectivity index (χ0v) is 6.71. The van der Waals surface area contributed by atoms with Crippen molar-refractivity contribution >= 4 is 5.78 Å². The van der Waals surface area contributed by atoms with Gasteiger partial charge < -0.3 is 4.90 Å². The van der Waals surface area contributed by atoms with Gasteiger partial charge in [0.1, 0.15) is 6.07 Å². The fraction of sp³-hybridized carbons (Fsp3) is 0.750. The van der Waals surface area contributed by atoms with E-state index in [0.29, 0.717) is 0 Å². The highest BCUT2D eigenvalue weighted by Crippen LogP contribution is 2.15. The van der Waals surface area contributed by atoms with Gasteiger partial charge in [-0.25, -0.2) is 0 Å². The summed E-state index contributed by atoms with van der Waals surface area (Å²) in [5.41, 5.74) is 0. The predicted octanol–water partition coefficient (Wildman–Crippen LogP) is 0.421. The molecule has 1 atom stereocenters. The van der Waals surface area contributed by atoms with Crippen molar-refractivity contribution in [3.8, 4) is 6.07 Å². The second-order valence-corrected chi connectivity index (χ2v) is 3.08. The molecular formula is C8H12N2O. The van der Waals surface area contributed by atoms with Crippen molar-refractivity contribution in [1.29, 1.82) is 5.26 Å². The summed E-state index contributed by atoms with van der Waals surface area (Å²) in [6.45, 7) is 1.81. The average Bonchev–Trinajstić information content (AvgIpc) is 2.03. The summed E-state index contributed by atoms with van der Waals surface area (Å²) in [5.74, 6) is -0.282. The molecule has 60 valence electrons. The van der Waals surface area contributed by atoms with E-state index >= 15 is 0 Å². The molecule has 1 rings (SSSR count). The Balaban J connectivity index is 2.47. The molecule has 0 amide bonds. The normalized spacial score (nSPS) is 26.0. The lowest BCUT2D eigenvalue weighted by atomic mass is 9.95. The molecule has 1 unspecified atom stereocenters. The zero-order valence-electron chi connectivity index (χ0n) is 6.71. The maximum atomic E-state index is 10.9. The molecule has 0 spiro atoms. The van der Waals surface area contributed by atoms with Crippen LogP contribution in [0.15, 0.2) is 0 Å². The van der Waals surface area contributed by atoms with Gasteiger partial charge in [-0.1, -0.05) is 0 Å². The predicted molar refractivity (Wildman–Crippen MR) is 40.8 cm³/mol. The van der Waals surface area contributed by atoms with Crippen molar-refractivity contribution in [3.05, 3.63) is 0 Å². The molecular weight excluding hydrogens is 140 g/mol. The number of nitrogens with zero attached hydrogens (tertiary/aromatic N) is 2. The molecule has 3 nitrogen and oxygen atoms in total. The molecule has 0 radical (unpaired) electrons. The molecule has 1 heterocycles. The Morgan fingerprint density at radius 2 is 2.45 bits per heavy atom. The van der Waals surface area contributed by atoms with Gasteiger partial charge in [-0.3, -0.25) is 4.79 Å². The number of nitriles is 1. The number of Topliss-reactive ketones (excluding diaryl/α,β-unsaturated/α-hetero) is 1. The summed E-state index contributed by atoms with van der Waals surface area (Å²) in [6, 6.07) is 1.69. The van der Waals surface area contributed by atoms with Gasteiger partial charge in [0.15, 0.2) is 0 Å². The van der Waals surface area contributed by atoms with E-state index in [-0.39, 0.29) is 11.7 Å². The number of rotatable bonds is 1. The summed E-state index contributed by atoms with van der Waals surface area (Å²) in [7, 11) is 1.98. The van der Waals surface area contributed by atoms with Crippen LogP contribution < -0.4 is 0 Å². The number of carbonyl (C=O) groups excluding carboxylic acids is 1. The molecule has 0 saturated carbocycles. The summed E-state index contributed by atoms with van der Waals surface area (Å²) < 4.78 is 0. The first-order valence-electron chi connectivity index (χ1n) is 3.86. The van der Waals surface area contributed by atoms with Crippen LogP contribution in [0.3, 0.4) is 0 Å². The van der Waals surface area contributed by atoms with Crippen LogP contribution in [0.2, 0.25) is 0 Å². The number of likely N-dealkylation sites (tertiary alicyclic amines) is 1. The molecule has 0 aromatic rings. The molecule has 1 saturated heterocycles. The largest absolute Gasteiger partial charge is 0.306 e. The highest BCUT2D eigenvalue weighted by Gasteiger charge is 2.23. The molecule has 1 aliphatic rings. The van der Waals surface area contributed by atoms with Crippen molar-refractivity contribution in [2.75, 3.05) is 20.1 Å². The third-order valence-corrected chi connectivity index (χ3v) is 2.11. The van der Waals surface area contributed by atoms with Crippen LogP contribution in [-0.2, 0) is 4.79 Å². The SMILES string of the molecule is CN1CCCC(C(=O)C#N)C1. The van der Waals surface area contributed by atoms with E-state index in [1.807, 2.05) is 7.05 Å². The second kappa shape index (κ2) is 3.49. The molecule has 3 heteroatoms. The van der Waals surface area contributed by atoms with Crippen LogP contribution >= 0.6 is 0 Å². The van der Waals surface area contributed by atoms with E-state index in [4.69, 9.17) is 5.26 Å². The summed E-state index contributed by atoms with van der Waals surface area (Å²) in [5, 5.41) is 8.36. The Hall–Kier alpha value is -0.880. The van der Waals surface area contributed by atoms with Gasteiger partial charge in [-0.2, -0.15) is 5.26 Å². The van der Waals surface area contributed by atoms with E-state index in [1.54, 1.807) is 6.07 Å². The second-order valence-electron chi connectivity index (χ2n) is 3.08. The summed E-state index contributed by atoms with van der Waals surface area (Å²) in [6.07, 6.45) is 1.92. The quantitative estimate of drug-likeness (QED) is 0.511. The lowest BCUT2D eigenvalue weighted by Crippen LogP contribution is -2.35. The minimum atomic E-state index is -0.253. The van der Waals surface area contributed by atoms with Gasteiger partial charge in [0.2, 0.25) is 5.78 Å². The van der Waals surface area contributed by atoms with Crippen LogP contribution in [-0.4, -0.2) is 30.8 Å². The molecule has 0 bridgehead atoms. The Bertz CT molecular complexity index is 195. The summed E-state index contributed by atoms with van der Waals surface area (Å²) >= 11 is 0. The molecule has 11 heavy (non-hydrogen) atoms. The van der Waals surface area contributed by atoms with E-state index in [9.17, 15) is 4.79 Å². The van der Waals surface area contributed by atoms with Crippen LogP contribution in [0.1, 0.15) is 12.8 Å². The highest BCUT2D eigenvalue weighted by molar-refractivity contribution is 5.95. The van der Waals surface area contributed by atoms with Gasteiger partial charge >= 0.3 is 0 Å². The van der Waals surface area contributed by atoms with Crippen molar-refractivity contribution in [2.24, 2.45) is 5.92 Å². The van der Waals surface area contributed by atoms with Gasteiger partial charge in [0.25, 0.3) is 0 Å². The monoisotopic (exact) mass is 152 g/mol. The van der Waals surface area contributed by atoms with Crippen molar-refractivity contribution in [2.45, 2.75) is 12.8 Å². The molecule has 0 aromatic carbocycles. The molecule has 1 aliphatic heterocycles. The minimum absolute atomic E-state index is 0.0289. The number of ketones is 1. The van der Waals surface area contributed by atoms with E-state index in [0.717, 1.165) is 25.9 Å². The Morgan fingerprint density at radius 3 is 3.00 bits per heavy atom. The standard InChI is InChI=1S/C8H12N2O/c1-10-4-2-3-7(6-10)8(11)5-9/h7H,2-4,6H2,1H3. The van der Waals surface area contributed by atoms with Crippen LogP contribution in [0, 0.1) is 17.2 Å². The highest BCUT2D eigenvalue weighted by atomic mass is 16.1. The summed E-state index contributed by atoms with van der Waals surface area (Å²) in [4.78, 5) is 13.0. The van der Waals surface area contributed by atoms with E-state index in [2.05, 4.69) is 4.90 Å². The Kier molecular flexibility index (Phi) is 2.61. The maximum Gasteiger partial charge on any atom is 0.236 e. The van der Waals surface area contributed by atoms with Gasteiger partial charge in [0.05, 0.1) is 0 Å². The third kappa shape index (κ3) is 2.02. The first-order valence-corrected chi connectivity index (χ1v) is 3.86. The molecule has 1 fully saturated rings. The fourth-order valence-corrected chi connectivity index (χ4v) is 1.47. The molecule has 0 aliphatic carbocycles. The van der Waals surface area contributed by atoms with Crippen LogP contribution in [0.25, 0.3) is 0 Å². The third-order valence-electron chi connectivity index (χ3n) is 2.11. The topological polar surface area (TPSA) is 44.1 Å². The van der Waals surface area contributed by atoms with Crippen molar-refractivity contribution in [3.63, 3.8) is 0 Å². The Labute approximate surface area is 66.6 Å². The van der Waals surface area contributed by atoms with E-state index < -0.39 is 0 Å². The number of hydrogen-bond acceptors (Lipinski definition) is 3. The molecule has 0 aromatic heterocycles. The van der Waals surface area contributed by atoms with Crippen molar-refractivity contribution < 1.29 is 4.79 Å². The maximum absolute atomic E-state index is 10.9.